The number of ether oxygens (including phenoxy) is 2. The van der Waals surface area contributed by atoms with Crippen LogP contribution in [0.25, 0.3) is 10.2 Å². The van der Waals surface area contributed by atoms with Gasteiger partial charge in [0, 0.05) is 33.4 Å². The lowest BCUT2D eigenvalue weighted by atomic mass is 10.1. The van der Waals surface area contributed by atoms with Crippen LogP contribution in [0.3, 0.4) is 0 Å². The summed E-state index contributed by atoms with van der Waals surface area (Å²) in [6.07, 6.45) is -1.28. The fraction of sp³-hybridized carbons (Fsp3) is 0.0909. The van der Waals surface area contributed by atoms with Crippen molar-refractivity contribution in [3.8, 4) is 10.9 Å². The first kappa shape index (κ1) is 21.4. The van der Waals surface area contributed by atoms with Crippen molar-refractivity contribution in [3.05, 3.63) is 82.1 Å². The van der Waals surface area contributed by atoms with Crippen LogP contribution in [0.1, 0.15) is 18.6 Å². The topological polar surface area (TPSA) is 60.5 Å². The number of fused-ring (bicyclic) bond motifs is 1. The Hall–Kier alpha value is -2.87. The average molecular weight is 477 g/mol. The van der Waals surface area contributed by atoms with Crippen LogP contribution in [0.2, 0.25) is 10.0 Å². The van der Waals surface area contributed by atoms with Gasteiger partial charge < -0.3 is 9.47 Å². The van der Waals surface area contributed by atoms with Gasteiger partial charge in [-0.05, 0) is 31.2 Å². The van der Waals surface area contributed by atoms with E-state index in [1.165, 1.54) is 12.1 Å². The summed E-state index contributed by atoms with van der Waals surface area (Å²) in [4.78, 5) is 16.2. The van der Waals surface area contributed by atoms with Gasteiger partial charge in [0.25, 0.3) is 5.19 Å². The first-order valence-corrected chi connectivity index (χ1v) is 10.7. The summed E-state index contributed by atoms with van der Waals surface area (Å²) in [5.41, 5.74) is 1.50. The smallest absolute Gasteiger partial charge is 0.419 e. The molecule has 0 radical (unpaired) electrons. The highest BCUT2D eigenvalue weighted by Gasteiger charge is 2.19. The second-order valence-electron chi connectivity index (χ2n) is 6.51. The highest BCUT2D eigenvalue weighted by Crippen LogP contribution is 2.37. The van der Waals surface area contributed by atoms with Crippen molar-refractivity contribution in [1.82, 2.24) is 4.98 Å². The Morgan fingerprint density at radius 1 is 1.10 bits per heavy atom. The number of carbonyl (C=O) groups excluding carboxylic acids is 1. The van der Waals surface area contributed by atoms with Crippen LogP contribution >= 0.6 is 34.5 Å². The van der Waals surface area contributed by atoms with E-state index in [4.69, 9.17) is 32.7 Å². The van der Waals surface area contributed by atoms with Crippen molar-refractivity contribution in [2.75, 3.05) is 5.32 Å². The number of nitrogens with one attached hydrogen (secondary N) is 1. The molecule has 0 saturated carbocycles. The predicted molar refractivity (Wildman–Crippen MR) is 121 cm³/mol. The minimum absolute atomic E-state index is 0.0138. The third kappa shape index (κ3) is 4.90. The SMILES string of the molecule is CC(Oc1cc2sc(OC(=O)Nc3ccccc3)nc2cc1F)c1c(Cl)cccc1Cl. The third-order valence-corrected chi connectivity index (χ3v) is 5.89. The molecule has 5 nitrogen and oxygen atoms in total. The highest BCUT2D eigenvalue weighted by atomic mass is 35.5. The molecular formula is C22H15Cl2FN2O3S. The fourth-order valence-electron chi connectivity index (χ4n) is 2.94. The van der Waals surface area contributed by atoms with Gasteiger partial charge in [0.1, 0.15) is 6.10 Å². The molecule has 31 heavy (non-hydrogen) atoms. The molecule has 0 bridgehead atoms. The van der Waals surface area contributed by atoms with Crippen molar-refractivity contribution in [2.45, 2.75) is 13.0 Å². The molecule has 4 rings (SSSR count). The van der Waals surface area contributed by atoms with Crippen molar-refractivity contribution >= 4 is 56.5 Å². The molecule has 0 aliphatic rings. The largest absolute Gasteiger partial charge is 0.483 e. The Labute approximate surface area is 191 Å². The lowest BCUT2D eigenvalue weighted by Gasteiger charge is -2.18. The van der Waals surface area contributed by atoms with Gasteiger partial charge in [-0.1, -0.05) is 58.8 Å². The number of amides is 1. The van der Waals surface area contributed by atoms with E-state index in [1.54, 1.807) is 49.4 Å². The average Bonchev–Trinajstić information content (AvgIpc) is 3.09. The molecule has 1 unspecified atom stereocenters. The second kappa shape index (κ2) is 9.09. The van der Waals surface area contributed by atoms with E-state index in [9.17, 15) is 9.18 Å². The predicted octanol–water partition coefficient (Wildman–Crippen LogP) is 7.49. The summed E-state index contributed by atoms with van der Waals surface area (Å²) in [6.45, 7) is 1.73. The summed E-state index contributed by atoms with van der Waals surface area (Å²) in [7, 11) is 0. The molecule has 158 valence electrons. The van der Waals surface area contributed by atoms with E-state index in [2.05, 4.69) is 10.3 Å². The van der Waals surface area contributed by atoms with E-state index in [0.29, 0.717) is 31.5 Å². The summed E-state index contributed by atoms with van der Waals surface area (Å²) in [5.74, 6) is -0.590. The molecular weight excluding hydrogens is 462 g/mol. The molecule has 0 spiro atoms. The summed E-state index contributed by atoms with van der Waals surface area (Å²) in [6, 6.07) is 16.7. The number of carbonyl (C=O) groups is 1. The molecule has 4 aromatic rings. The molecule has 1 heterocycles. The molecule has 1 atom stereocenters. The summed E-state index contributed by atoms with van der Waals surface area (Å²) in [5, 5.41) is 3.54. The van der Waals surface area contributed by atoms with Crippen LogP contribution < -0.4 is 14.8 Å². The lowest BCUT2D eigenvalue weighted by molar-refractivity contribution is 0.215. The number of benzene rings is 3. The number of para-hydroxylation sites is 1. The molecule has 0 fully saturated rings. The van der Waals surface area contributed by atoms with Crippen LogP contribution in [-0.2, 0) is 0 Å². The summed E-state index contributed by atoms with van der Waals surface area (Å²) < 4.78 is 26.2. The maximum atomic E-state index is 14.6. The van der Waals surface area contributed by atoms with Gasteiger partial charge >= 0.3 is 6.09 Å². The van der Waals surface area contributed by atoms with Gasteiger partial charge in [0.15, 0.2) is 11.6 Å². The van der Waals surface area contributed by atoms with Gasteiger partial charge in [-0.2, -0.15) is 0 Å². The van der Waals surface area contributed by atoms with Crippen molar-refractivity contribution < 1.29 is 18.7 Å². The van der Waals surface area contributed by atoms with Crippen LogP contribution in [0.5, 0.6) is 10.9 Å². The van der Waals surface area contributed by atoms with Crippen LogP contribution in [0, 0.1) is 5.82 Å². The molecule has 0 aliphatic heterocycles. The second-order valence-corrected chi connectivity index (χ2v) is 8.31. The van der Waals surface area contributed by atoms with E-state index in [1.807, 2.05) is 6.07 Å². The standard InChI is InChI=1S/C22H15Cl2FN2O3S/c1-12(20-14(23)8-5-9-15(20)24)29-18-11-19-17(10-16(18)25)27-22(31-19)30-21(28)26-13-6-3-2-4-7-13/h2-12H,1H3,(H,26,28). The van der Waals surface area contributed by atoms with E-state index >= 15 is 0 Å². The number of halogens is 3. The number of hydrogen-bond donors (Lipinski definition) is 1. The third-order valence-electron chi connectivity index (χ3n) is 4.33. The molecule has 1 N–H and O–H groups in total. The van der Waals surface area contributed by atoms with Crippen LogP contribution in [-0.4, -0.2) is 11.1 Å². The molecule has 1 aromatic heterocycles. The number of rotatable bonds is 5. The Balaban J connectivity index is 1.53. The maximum Gasteiger partial charge on any atom is 0.419 e. The Morgan fingerprint density at radius 3 is 2.52 bits per heavy atom. The molecule has 9 heteroatoms. The highest BCUT2D eigenvalue weighted by molar-refractivity contribution is 7.20. The molecule has 0 saturated heterocycles. The molecule has 3 aromatic carbocycles. The van der Waals surface area contributed by atoms with Gasteiger partial charge in [-0.15, -0.1) is 0 Å². The molecule has 1 amide bonds. The lowest BCUT2D eigenvalue weighted by Crippen LogP contribution is -2.16. The van der Waals surface area contributed by atoms with Crippen LogP contribution in [0.15, 0.2) is 60.7 Å². The first-order valence-electron chi connectivity index (χ1n) is 9.15. The summed E-state index contributed by atoms with van der Waals surface area (Å²) >= 11 is 13.5. The number of anilines is 1. The van der Waals surface area contributed by atoms with E-state index < -0.39 is 18.0 Å². The number of aromatic nitrogens is 1. The fourth-order valence-corrected chi connectivity index (χ4v) is 4.46. The minimum atomic E-state index is -0.691. The number of thiazole rings is 1. The minimum Gasteiger partial charge on any atom is -0.483 e. The zero-order valence-corrected chi connectivity index (χ0v) is 18.4. The zero-order valence-electron chi connectivity index (χ0n) is 16.1. The van der Waals surface area contributed by atoms with Gasteiger partial charge in [-0.25, -0.2) is 14.2 Å². The van der Waals surface area contributed by atoms with Crippen molar-refractivity contribution in [1.29, 1.82) is 0 Å². The van der Waals surface area contributed by atoms with Crippen LogP contribution in [0.4, 0.5) is 14.9 Å². The number of nitrogens with zero attached hydrogens (tertiary/aromatic N) is 1. The Bertz CT molecular complexity index is 1230. The first-order chi connectivity index (χ1) is 14.9. The normalized spacial score (nSPS) is 11.9. The maximum absolute atomic E-state index is 14.6. The van der Waals surface area contributed by atoms with Gasteiger partial charge in [-0.3, -0.25) is 5.32 Å². The Morgan fingerprint density at radius 2 is 1.81 bits per heavy atom. The van der Waals surface area contributed by atoms with Gasteiger partial charge in [0.2, 0.25) is 0 Å². The zero-order chi connectivity index (χ0) is 22.0. The number of hydrogen-bond acceptors (Lipinski definition) is 5. The molecule has 0 aliphatic carbocycles. The quantitative estimate of drug-likeness (QED) is 0.324. The van der Waals surface area contributed by atoms with Crippen molar-refractivity contribution in [3.63, 3.8) is 0 Å². The monoisotopic (exact) mass is 476 g/mol. The Kier molecular flexibility index (Phi) is 6.27. The van der Waals surface area contributed by atoms with E-state index in [-0.39, 0.29) is 10.9 Å². The van der Waals surface area contributed by atoms with E-state index in [0.717, 1.165) is 11.3 Å². The van der Waals surface area contributed by atoms with Crippen molar-refractivity contribution in [2.24, 2.45) is 0 Å². The van der Waals surface area contributed by atoms with Gasteiger partial charge in [0.05, 0.1) is 10.2 Å².